The number of amides is 2. The molecule has 1 aromatic heterocycles. The van der Waals surface area contributed by atoms with Crippen molar-refractivity contribution in [3.05, 3.63) is 52.2 Å². The van der Waals surface area contributed by atoms with Crippen molar-refractivity contribution < 1.29 is 26.9 Å². The van der Waals surface area contributed by atoms with E-state index in [0.717, 1.165) is 6.26 Å². The van der Waals surface area contributed by atoms with Gasteiger partial charge in [0, 0.05) is 11.3 Å². The second-order valence-corrected chi connectivity index (χ2v) is 8.55. The normalized spacial score (nSPS) is 16.7. The average molecular weight is 423 g/mol. The van der Waals surface area contributed by atoms with E-state index in [1.54, 1.807) is 41.8 Å². The van der Waals surface area contributed by atoms with Crippen molar-refractivity contribution in [1.29, 1.82) is 5.41 Å². The summed E-state index contributed by atoms with van der Waals surface area (Å²) in [6, 6.07) is 9.84. The fourth-order valence-corrected chi connectivity index (χ4v) is 3.50. The van der Waals surface area contributed by atoms with Gasteiger partial charge in [0.15, 0.2) is 0 Å². The summed E-state index contributed by atoms with van der Waals surface area (Å²) in [5.74, 6) is -0.422. The molecule has 1 saturated heterocycles. The van der Waals surface area contributed by atoms with Crippen LogP contribution in [0.1, 0.15) is 15.2 Å². The summed E-state index contributed by atoms with van der Waals surface area (Å²) >= 11 is 1.28. The van der Waals surface area contributed by atoms with Gasteiger partial charge < -0.3 is 10.1 Å². The summed E-state index contributed by atoms with van der Waals surface area (Å²) in [5, 5.41) is 12.3. The number of rotatable bonds is 6. The van der Waals surface area contributed by atoms with Gasteiger partial charge in [0.05, 0.1) is 17.7 Å². The van der Waals surface area contributed by atoms with E-state index in [-0.39, 0.29) is 24.9 Å². The van der Waals surface area contributed by atoms with E-state index in [1.165, 1.54) is 16.2 Å². The van der Waals surface area contributed by atoms with E-state index in [4.69, 9.17) is 10.1 Å². The van der Waals surface area contributed by atoms with Gasteiger partial charge in [-0.1, -0.05) is 6.07 Å². The van der Waals surface area contributed by atoms with Crippen LogP contribution >= 0.6 is 11.3 Å². The van der Waals surface area contributed by atoms with Gasteiger partial charge >= 0.3 is 6.09 Å². The van der Waals surface area contributed by atoms with Crippen LogP contribution < -0.4 is 10.2 Å². The SMILES string of the molecule is CS(=O)(=O)OCC1CN(c2ccc(C(=N)NC(=O)c3cccs3)cc2)C(=O)O1. The quantitative estimate of drug-likeness (QED) is 0.415. The van der Waals surface area contributed by atoms with Crippen molar-refractivity contribution >= 4 is 45.0 Å². The topological polar surface area (TPSA) is 126 Å². The Balaban J connectivity index is 1.61. The van der Waals surface area contributed by atoms with Gasteiger partial charge in [0.1, 0.15) is 18.5 Å². The molecule has 1 aromatic carbocycles. The Kier molecular flexibility index (Phi) is 5.77. The number of hydrogen-bond donors (Lipinski definition) is 2. The minimum absolute atomic E-state index is 0.0617. The Morgan fingerprint density at radius 2 is 2.07 bits per heavy atom. The number of anilines is 1. The summed E-state index contributed by atoms with van der Waals surface area (Å²) < 4.78 is 31.9. The molecule has 1 fully saturated rings. The van der Waals surface area contributed by atoms with Crippen LogP contribution in [0, 0.1) is 5.41 Å². The van der Waals surface area contributed by atoms with E-state index in [0.29, 0.717) is 16.1 Å². The minimum Gasteiger partial charge on any atom is -0.441 e. The maximum Gasteiger partial charge on any atom is 0.414 e. The van der Waals surface area contributed by atoms with Crippen molar-refractivity contribution in [1.82, 2.24) is 5.32 Å². The molecule has 0 radical (unpaired) electrons. The number of hydrogen-bond acceptors (Lipinski definition) is 8. The number of thiophene rings is 1. The monoisotopic (exact) mass is 423 g/mol. The molecule has 1 aliphatic heterocycles. The molecule has 11 heteroatoms. The smallest absolute Gasteiger partial charge is 0.414 e. The van der Waals surface area contributed by atoms with E-state index >= 15 is 0 Å². The Bertz CT molecular complexity index is 986. The summed E-state index contributed by atoms with van der Waals surface area (Å²) in [5.41, 5.74) is 0.992. The van der Waals surface area contributed by atoms with E-state index < -0.39 is 22.3 Å². The maximum atomic E-state index is 12.0. The predicted molar refractivity (Wildman–Crippen MR) is 103 cm³/mol. The molecular formula is C17H17N3O6S2. The Morgan fingerprint density at radius 3 is 2.68 bits per heavy atom. The molecule has 0 bridgehead atoms. The minimum atomic E-state index is -3.62. The number of carbonyl (C=O) groups excluding carboxylic acids is 2. The zero-order valence-electron chi connectivity index (χ0n) is 14.7. The van der Waals surface area contributed by atoms with Gasteiger partial charge in [-0.3, -0.25) is 19.3 Å². The second kappa shape index (κ2) is 8.09. The number of cyclic esters (lactones) is 1. The fraction of sp³-hybridized carbons (Fsp3) is 0.235. The predicted octanol–water partition coefficient (Wildman–Crippen LogP) is 1.80. The Labute approximate surface area is 165 Å². The third kappa shape index (κ3) is 4.94. The molecule has 0 spiro atoms. The molecular weight excluding hydrogens is 406 g/mol. The zero-order chi connectivity index (χ0) is 20.3. The maximum absolute atomic E-state index is 12.0. The van der Waals surface area contributed by atoms with Crippen molar-refractivity contribution in [2.45, 2.75) is 6.10 Å². The molecule has 28 heavy (non-hydrogen) atoms. The van der Waals surface area contributed by atoms with Crippen molar-refractivity contribution in [3.8, 4) is 0 Å². The molecule has 9 nitrogen and oxygen atoms in total. The van der Waals surface area contributed by atoms with Crippen LogP contribution in [0.2, 0.25) is 0 Å². The number of nitrogens with zero attached hydrogens (tertiary/aromatic N) is 1. The van der Waals surface area contributed by atoms with Crippen LogP contribution in [-0.4, -0.2) is 51.8 Å². The first-order valence-corrected chi connectivity index (χ1v) is 10.8. The van der Waals surface area contributed by atoms with Crippen LogP contribution in [0.5, 0.6) is 0 Å². The lowest BCUT2D eigenvalue weighted by atomic mass is 10.1. The molecule has 1 atom stereocenters. The summed E-state index contributed by atoms with van der Waals surface area (Å²) in [6.45, 7) is -0.112. The first kappa shape index (κ1) is 20.0. The largest absolute Gasteiger partial charge is 0.441 e. The molecule has 1 unspecified atom stereocenters. The summed E-state index contributed by atoms with van der Waals surface area (Å²) in [7, 11) is -3.62. The molecule has 3 rings (SSSR count). The molecule has 1 aliphatic rings. The number of carbonyl (C=O) groups is 2. The standard InChI is InChI=1S/C17H17N3O6S2/c1-28(23,24)25-10-13-9-20(17(22)26-13)12-6-4-11(5-7-12)15(18)19-16(21)14-3-2-8-27-14/h2-8,13H,9-10H2,1H3,(H2,18,19,21). The molecule has 2 N–H and O–H groups in total. The first-order chi connectivity index (χ1) is 13.2. The van der Waals surface area contributed by atoms with Crippen LogP contribution in [0.3, 0.4) is 0 Å². The molecule has 2 aromatic rings. The molecule has 2 amide bonds. The highest BCUT2D eigenvalue weighted by molar-refractivity contribution is 7.85. The molecule has 0 saturated carbocycles. The molecule has 2 heterocycles. The summed E-state index contributed by atoms with van der Waals surface area (Å²) in [4.78, 5) is 25.9. The number of ether oxygens (including phenoxy) is 1. The van der Waals surface area contributed by atoms with E-state index in [2.05, 4.69) is 9.50 Å². The highest BCUT2D eigenvalue weighted by Gasteiger charge is 2.33. The van der Waals surface area contributed by atoms with Crippen molar-refractivity contribution in [2.24, 2.45) is 0 Å². The third-order valence-electron chi connectivity index (χ3n) is 3.79. The lowest BCUT2D eigenvalue weighted by molar-refractivity contribution is 0.0980. The Morgan fingerprint density at radius 1 is 1.36 bits per heavy atom. The average Bonchev–Trinajstić information content (AvgIpc) is 3.29. The van der Waals surface area contributed by atoms with Gasteiger partial charge in [0.25, 0.3) is 16.0 Å². The van der Waals surface area contributed by atoms with Gasteiger partial charge in [-0.2, -0.15) is 8.42 Å². The van der Waals surface area contributed by atoms with Gasteiger partial charge in [0.2, 0.25) is 0 Å². The number of benzene rings is 1. The Hall–Kier alpha value is -2.76. The summed E-state index contributed by atoms with van der Waals surface area (Å²) in [6.07, 6.45) is -0.395. The number of amidine groups is 1. The van der Waals surface area contributed by atoms with Crippen LogP contribution in [0.4, 0.5) is 10.5 Å². The second-order valence-electron chi connectivity index (χ2n) is 5.96. The number of nitrogens with one attached hydrogen (secondary N) is 2. The zero-order valence-corrected chi connectivity index (χ0v) is 16.4. The highest BCUT2D eigenvalue weighted by atomic mass is 32.2. The lowest BCUT2D eigenvalue weighted by Gasteiger charge is -2.14. The lowest BCUT2D eigenvalue weighted by Crippen LogP contribution is -2.30. The van der Waals surface area contributed by atoms with Gasteiger partial charge in [-0.15, -0.1) is 11.3 Å². The van der Waals surface area contributed by atoms with Crippen LogP contribution in [0.15, 0.2) is 41.8 Å². The highest BCUT2D eigenvalue weighted by Crippen LogP contribution is 2.22. The first-order valence-electron chi connectivity index (χ1n) is 8.09. The van der Waals surface area contributed by atoms with Gasteiger partial charge in [-0.25, -0.2) is 4.79 Å². The van der Waals surface area contributed by atoms with Crippen molar-refractivity contribution in [3.63, 3.8) is 0 Å². The van der Waals surface area contributed by atoms with Crippen molar-refractivity contribution in [2.75, 3.05) is 24.3 Å². The van der Waals surface area contributed by atoms with Crippen LogP contribution in [0.25, 0.3) is 0 Å². The van der Waals surface area contributed by atoms with E-state index in [9.17, 15) is 18.0 Å². The fourth-order valence-electron chi connectivity index (χ4n) is 2.48. The van der Waals surface area contributed by atoms with E-state index in [1.807, 2.05) is 0 Å². The third-order valence-corrected chi connectivity index (χ3v) is 5.23. The molecule has 148 valence electrons. The molecule has 0 aliphatic carbocycles. The van der Waals surface area contributed by atoms with Crippen LogP contribution in [-0.2, 0) is 19.0 Å². The van der Waals surface area contributed by atoms with Gasteiger partial charge in [-0.05, 0) is 35.7 Å².